The number of ether oxygens (including phenoxy) is 3. The molecule has 3 rings (SSSR count). The van der Waals surface area contributed by atoms with Crippen molar-refractivity contribution in [3.63, 3.8) is 0 Å². The van der Waals surface area contributed by atoms with Crippen LogP contribution in [0.1, 0.15) is 19.4 Å². The maximum Gasteiger partial charge on any atom is 0.417 e. The second kappa shape index (κ2) is 7.86. The normalized spacial score (nSPS) is 15.9. The molecule has 0 amide bonds. The summed E-state index contributed by atoms with van der Waals surface area (Å²) >= 11 is 5.80. The number of cyclic esters (lactones) is 2. The van der Waals surface area contributed by atoms with E-state index in [1.807, 2.05) is 0 Å². The fraction of sp³-hybridized carbons (Fsp3) is 0.211. The van der Waals surface area contributed by atoms with Crippen molar-refractivity contribution in [1.29, 1.82) is 0 Å². The lowest BCUT2D eigenvalue weighted by Gasteiger charge is -2.29. The third-order valence-corrected chi connectivity index (χ3v) is 3.97. The van der Waals surface area contributed by atoms with Gasteiger partial charge < -0.3 is 19.5 Å². The zero-order valence-electron chi connectivity index (χ0n) is 15.5. The monoisotopic (exact) mass is 442 g/mol. The largest absolute Gasteiger partial charge is 0.438 e. The molecule has 1 aliphatic heterocycles. The Balaban J connectivity index is 1.67. The topological polar surface area (TPSA) is 86.8 Å². The molecule has 2 aromatic rings. The zero-order chi connectivity index (χ0) is 22.1. The Morgan fingerprint density at radius 3 is 2.27 bits per heavy atom. The third kappa shape index (κ3) is 5.01. The van der Waals surface area contributed by atoms with Crippen molar-refractivity contribution in [2.24, 2.45) is 0 Å². The Kier molecular flexibility index (Phi) is 5.62. The van der Waals surface area contributed by atoms with E-state index in [-0.39, 0.29) is 22.2 Å². The molecule has 0 atom stereocenters. The van der Waals surface area contributed by atoms with Crippen molar-refractivity contribution >= 4 is 29.2 Å². The van der Waals surface area contributed by atoms with Crippen molar-refractivity contribution in [1.82, 2.24) is 4.98 Å². The van der Waals surface area contributed by atoms with Crippen LogP contribution >= 0.6 is 11.6 Å². The van der Waals surface area contributed by atoms with Crippen molar-refractivity contribution in [2.45, 2.75) is 25.8 Å². The first-order valence-corrected chi connectivity index (χ1v) is 8.76. The quantitative estimate of drug-likeness (QED) is 0.418. The average molecular weight is 443 g/mol. The molecule has 1 fully saturated rings. The molecule has 2 heterocycles. The molecular weight excluding hydrogens is 429 g/mol. The number of nitrogens with zero attached hydrogens (tertiary/aromatic N) is 1. The van der Waals surface area contributed by atoms with Crippen molar-refractivity contribution < 1.29 is 37.0 Å². The van der Waals surface area contributed by atoms with E-state index in [0.717, 1.165) is 12.3 Å². The summed E-state index contributed by atoms with van der Waals surface area (Å²) in [6, 6.07) is 6.76. The molecule has 158 valence electrons. The highest BCUT2D eigenvalue weighted by Gasteiger charge is 2.39. The van der Waals surface area contributed by atoms with Crippen LogP contribution in [0, 0.1) is 0 Å². The maximum absolute atomic E-state index is 12.7. The molecule has 1 aromatic heterocycles. The molecule has 30 heavy (non-hydrogen) atoms. The highest BCUT2D eigenvalue weighted by atomic mass is 35.5. The van der Waals surface area contributed by atoms with Gasteiger partial charge in [-0.05, 0) is 30.3 Å². The maximum atomic E-state index is 12.7. The first kappa shape index (κ1) is 21.4. The van der Waals surface area contributed by atoms with Crippen molar-refractivity contribution in [3.8, 4) is 11.6 Å². The van der Waals surface area contributed by atoms with E-state index in [1.165, 1.54) is 38.1 Å². The highest BCUT2D eigenvalue weighted by Crippen LogP contribution is 2.34. The van der Waals surface area contributed by atoms with Gasteiger partial charge in [-0.1, -0.05) is 11.6 Å². The van der Waals surface area contributed by atoms with Crippen LogP contribution in [0.5, 0.6) is 11.6 Å². The summed E-state index contributed by atoms with van der Waals surface area (Å²) in [6.45, 7) is 2.87. The number of hydrogen-bond acceptors (Lipinski definition) is 7. The number of nitrogens with one attached hydrogen (secondary N) is 1. The Labute approximate surface area is 173 Å². The lowest BCUT2D eigenvalue weighted by atomic mass is 10.2. The lowest BCUT2D eigenvalue weighted by Crippen LogP contribution is -2.42. The molecule has 7 nitrogen and oxygen atoms in total. The molecule has 0 spiro atoms. The smallest absolute Gasteiger partial charge is 0.417 e. The van der Waals surface area contributed by atoms with Gasteiger partial charge in [0.15, 0.2) is 5.57 Å². The van der Waals surface area contributed by atoms with Crippen LogP contribution in [0.2, 0.25) is 5.02 Å². The van der Waals surface area contributed by atoms with Gasteiger partial charge in [0.05, 0.1) is 5.56 Å². The lowest BCUT2D eigenvalue weighted by molar-refractivity contribution is -0.222. The second-order valence-electron chi connectivity index (χ2n) is 6.52. The standard InChI is InChI=1S/C19H14ClF3N2O5/c1-18(2)29-16(26)13(17(27)30-18)9-24-11-3-5-12(6-4-11)28-15-14(20)7-10(8-25-15)19(21,22)23/h3-9,24H,1-2H3. The van der Waals surface area contributed by atoms with Gasteiger partial charge in [0.2, 0.25) is 5.88 Å². The van der Waals surface area contributed by atoms with E-state index in [1.54, 1.807) is 0 Å². The number of rotatable bonds is 4. The van der Waals surface area contributed by atoms with E-state index in [4.69, 9.17) is 25.8 Å². The summed E-state index contributed by atoms with van der Waals surface area (Å²) < 4.78 is 53.3. The van der Waals surface area contributed by atoms with Crippen LogP contribution in [0.25, 0.3) is 0 Å². The predicted molar refractivity (Wildman–Crippen MR) is 98.7 cm³/mol. The number of pyridine rings is 1. The van der Waals surface area contributed by atoms with E-state index in [2.05, 4.69) is 10.3 Å². The molecule has 1 saturated heterocycles. The van der Waals surface area contributed by atoms with Crippen LogP contribution < -0.4 is 10.1 Å². The molecule has 1 aliphatic rings. The van der Waals surface area contributed by atoms with Gasteiger partial charge in [0.1, 0.15) is 10.8 Å². The molecular formula is C19H14ClF3N2O5. The van der Waals surface area contributed by atoms with Crippen LogP contribution in [0.15, 0.2) is 48.3 Å². The molecule has 11 heteroatoms. The number of benzene rings is 1. The fourth-order valence-electron chi connectivity index (χ4n) is 2.32. The number of carbonyl (C=O) groups excluding carboxylic acids is 2. The molecule has 0 radical (unpaired) electrons. The van der Waals surface area contributed by atoms with Crippen LogP contribution in [0.4, 0.5) is 18.9 Å². The van der Waals surface area contributed by atoms with Gasteiger partial charge in [0.25, 0.3) is 5.79 Å². The minimum absolute atomic E-state index is 0.192. The minimum Gasteiger partial charge on any atom is -0.438 e. The van der Waals surface area contributed by atoms with Crippen LogP contribution in [0.3, 0.4) is 0 Å². The summed E-state index contributed by atoms with van der Waals surface area (Å²) in [4.78, 5) is 27.3. The fourth-order valence-corrected chi connectivity index (χ4v) is 2.53. The zero-order valence-corrected chi connectivity index (χ0v) is 16.3. The van der Waals surface area contributed by atoms with Gasteiger partial charge in [-0.25, -0.2) is 14.6 Å². The summed E-state index contributed by atoms with van der Waals surface area (Å²) in [5.74, 6) is -2.93. The second-order valence-corrected chi connectivity index (χ2v) is 6.92. The van der Waals surface area contributed by atoms with E-state index in [9.17, 15) is 22.8 Å². The summed E-state index contributed by atoms with van der Waals surface area (Å²) in [7, 11) is 0. The molecule has 1 aromatic carbocycles. The average Bonchev–Trinajstić information content (AvgIpc) is 2.62. The number of alkyl halides is 3. The SMILES string of the molecule is CC1(C)OC(=O)C(=CNc2ccc(Oc3ncc(C(F)(F)F)cc3Cl)cc2)C(=O)O1. The number of anilines is 1. The van der Waals surface area contributed by atoms with E-state index >= 15 is 0 Å². The molecule has 0 bridgehead atoms. The first-order chi connectivity index (χ1) is 13.9. The minimum atomic E-state index is -4.57. The Morgan fingerprint density at radius 2 is 1.73 bits per heavy atom. The first-order valence-electron chi connectivity index (χ1n) is 8.39. The molecule has 1 N–H and O–H groups in total. The highest BCUT2D eigenvalue weighted by molar-refractivity contribution is 6.31. The summed E-state index contributed by atoms with van der Waals surface area (Å²) in [5, 5.41) is 2.45. The molecule has 0 unspecified atom stereocenters. The number of halogens is 4. The molecule has 0 saturated carbocycles. The van der Waals surface area contributed by atoms with Crippen molar-refractivity contribution in [2.75, 3.05) is 5.32 Å². The van der Waals surface area contributed by atoms with E-state index in [0.29, 0.717) is 11.9 Å². The van der Waals surface area contributed by atoms with Gasteiger partial charge in [-0.15, -0.1) is 0 Å². The number of aromatic nitrogens is 1. The number of hydrogen-bond donors (Lipinski definition) is 1. The number of esters is 2. The van der Waals surface area contributed by atoms with Gasteiger partial charge >= 0.3 is 18.1 Å². The van der Waals surface area contributed by atoms with Gasteiger partial charge in [-0.3, -0.25) is 0 Å². The van der Waals surface area contributed by atoms with Gasteiger partial charge in [0, 0.05) is 31.9 Å². The summed E-state index contributed by atoms with van der Waals surface area (Å²) in [5.41, 5.74) is -0.822. The summed E-state index contributed by atoms with van der Waals surface area (Å²) in [6.07, 6.45) is -2.80. The third-order valence-electron chi connectivity index (χ3n) is 3.70. The number of carbonyl (C=O) groups is 2. The molecule has 0 aliphatic carbocycles. The van der Waals surface area contributed by atoms with E-state index < -0.39 is 29.5 Å². The van der Waals surface area contributed by atoms with Crippen LogP contribution in [-0.4, -0.2) is 22.7 Å². The Bertz CT molecular complexity index is 998. The van der Waals surface area contributed by atoms with Crippen molar-refractivity contribution in [3.05, 3.63) is 58.9 Å². The Morgan fingerprint density at radius 1 is 1.13 bits per heavy atom. The Hall–Kier alpha value is -3.27. The van der Waals surface area contributed by atoms with Gasteiger partial charge in [-0.2, -0.15) is 13.2 Å². The predicted octanol–water partition coefficient (Wildman–Crippen LogP) is 4.68. The van der Waals surface area contributed by atoms with Crippen LogP contribution in [-0.2, 0) is 25.2 Å².